The van der Waals surface area contributed by atoms with Crippen molar-refractivity contribution in [2.24, 2.45) is 0 Å². The zero-order chi connectivity index (χ0) is 13.8. The summed E-state index contributed by atoms with van der Waals surface area (Å²) in [5.41, 5.74) is 2.72. The molecule has 0 radical (unpaired) electrons. The van der Waals surface area contributed by atoms with Gasteiger partial charge in [-0.05, 0) is 24.9 Å². The molecule has 104 valence electrons. The van der Waals surface area contributed by atoms with Gasteiger partial charge < -0.3 is 15.6 Å². The Morgan fingerprint density at radius 1 is 1.20 bits per heavy atom. The number of aromatic nitrogens is 1. The van der Waals surface area contributed by atoms with Crippen LogP contribution in [0, 0.1) is 0 Å². The van der Waals surface area contributed by atoms with Gasteiger partial charge in [0.2, 0.25) is 0 Å². The fourth-order valence-electron chi connectivity index (χ4n) is 2.65. The summed E-state index contributed by atoms with van der Waals surface area (Å²) in [5.74, 6) is -0.00111. The van der Waals surface area contributed by atoms with E-state index in [9.17, 15) is 4.79 Å². The zero-order valence-electron chi connectivity index (χ0n) is 11.4. The summed E-state index contributed by atoms with van der Waals surface area (Å²) in [4.78, 5) is 15.4. The van der Waals surface area contributed by atoms with E-state index in [2.05, 4.69) is 15.6 Å². The number of hydrogen-bond acceptors (Lipinski definition) is 2. The minimum Gasteiger partial charge on any atom is -0.366 e. The van der Waals surface area contributed by atoms with Gasteiger partial charge in [0.25, 0.3) is 5.91 Å². The standard InChI is InChI=1S/C16H19N3O/c20-16(19-13-7-4-8-17-9-13)15-11-18-10-14(15)12-5-2-1-3-6-12/h1-3,5-6,10-11,13,17-18H,4,7-9H2,(H,19,20)/t13-/m0/s1. The number of benzene rings is 1. The van der Waals surface area contributed by atoms with Crippen LogP contribution in [0.2, 0.25) is 0 Å². The molecule has 4 heteroatoms. The van der Waals surface area contributed by atoms with E-state index in [0.29, 0.717) is 5.56 Å². The Bertz CT molecular complexity index is 570. The molecule has 3 N–H and O–H groups in total. The van der Waals surface area contributed by atoms with E-state index in [1.54, 1.807) is 6.20 Å². The van der Waals surface area contributed by atoms with Crippen molar-refractivity contribution < 1.29 is 4.79 Å². The Labute approximate surface area is 118 Å². The Kier molecular flexibility index (Phi) is 3.83. The van der Waals surface area contributed by atoms with E-state index in [1.807, 2.05) is 36.5 Å². The third-order valence-electron chi connectivity index (χ3n) is 3.71. The fraction of sp³-hybridized carbons (Fsp3) is 0.312. The maximum absolute atomic E-state index is 12.4. The molecule has 4 nitrogen and oxygen atoms in total. The molecule has 0 spiro atoms. The van der Waals surface area contributed by atoms with Crippen molar-refractivity contribution in [2.75, 3.05) is 13.1 Å². The maximum atomic E-state index is 12.4. The van der Waals surface area contributed by atoms with Crippen LogP contribution in [-0.2, 0) is 0 Å². The van der Waals surface area contributed by atoms with Crippen molar-refractivity contribution in [1.82, 2.24) is 15.6 Å². The second-order valence-corrected chi connectivity index (χ2v) is 5.17. The smallest absolute Gasteiger partial charge is 0.253 e. The Morgan fingerprint density at radius 2 is 2.05 bits per heavy atom. The summed E-state index contributed by atoms with van der Waals surface area (Å²) in [6, 6.07) is 10.2. The Morgan fingerprint density at radius 3 is 2.80 bits per heavy atom. The molecular formula is C16H19N3O. The van der Waals surface area contributed by atoms with Crippen molar-refractivity contribution in [1.29, 1.82) is 0 Å². The van der Waals surface area contributed by atoms with Crippen molar-refractivity contribution in [3.05, 3.63) is 48.3 Å². The number of amides is 1. The van der Waals surface area contributed by atoms with Gasteiger partial charge >= 0.3 is 0 Å². The van der Waals surface area contributed by atoms with Crippen molar-refractivity contribution >= 4 is 5.91 Å². The highest BCUT2D eigenvalue weighted by Crippen LogP contribution is 2.23. The molecule has 0 aliphatic carbocycles. The van der Waals surface area contributed by atoms with Crippen molar-refractivity contribution in [3.8, 4) is 11.1 Å². The largest absolute Gasteiger partial charge is 0.366 e. The molecule has 1 amide bonds. The number of H-pyrrole nitrogens is 1. The van der Waals surface area contributed by atoms with E-state index in [-0.39, 0.29) is 11.9 Å². The predicted molar refractivity (Wildman–Crippen MR) is 79.6 cm³/mol. The topological polar surface area (TPSA) is 56.9 Å². The molecular weight excluding hydrogens is 250 g/mol. The number of piperidine rings is 1. The molecule has 1 fully saturated rings. The van der Waals surface area contributed by atoms with Gasteiger partial charge in [0.05, 0.1) is 5.56 Å². The van der Waals surface area contributed by atoms with Crippen LogP contribution in [-0.4, -0.2) is 30.0 Å². The molecule has 1 aliphatic rings. The lowest BCUT2D eigenvalue weighted by molar-refractivity contribution is 0.0931. The molecule has 2 heterocycles. The zero-order valence-corrected chi connectivity index (χ0v) is 11.4. The third kappa shape index (κ3) is 2.75. The van der Waals surface area contributed by atoms with Crippen LogP contribution in [0.25, 0.3) is 11.1 Å². The van der Waals surface area contributed by atoms with Gasteiger partial charge in [-0.15, -0.1) is 0 Å². The molecule has 0 unspecified atom stereocenters. The van der Waals surface area contributed by atoms with E-state index < -0.39 is 0 Å². The van der Waals surface area contributed by atoms with Crippen molar-refractivity contribution in [3.63, 3.8) is 0 Å². The Balaban J connectivity index is 1.77. The first-order valence-corrected chi connectivity index (χ1v) is 7.08. The molecule has 0 bridgehead atoms. The quantitative estimate of drug-likeness (QED) is 0.800. The van der Waals surface area contributed by atoms with Crippen LogP contribution in [0.15, 0.2) is 42.7 Å². The number of nitrogens with one attached hydrogen (secondary N) is 3. The Hall–Kier alpha value is -2.07. The van der Waals surface area contributed by atoms with Gasteiger partial charge in [-0.2, -0.15) is 0 Å². The molecule has 1 aromatic heterocycles. The van der Waals surface area contributed by atoms with Crippen LogP contribution < -0.4 is 10.6 Å². The van der Waals surface area contributed by atoms with Gasteiger partial charge in [0.1, 0.15) is 0 Å². The van der Waals surface area contributed by atoms with Crippen LogP contribution in [0.4, 0.5) is 0 Å². The molecule has 1 saturated heterocycles. The highest BCUT2D eigenvalue weighted by molar-refractivity contribution is 6.00. The van der Waals surface area contributed by atoms with Gasteiger partial charge in [-0.1, -0.05) is 30.3 Å². The SMILES string of the molecule is O=C(N[C@H]1CCCNC1)c1c[nH]cc1-c1ccccc1. The highest BCUT2D eigenvalue weighted by atomic mass is 16.1. The first kappa shape index (κ1) is 12.9. The summed E-state index contributed by atoms with van der Waals surface area (Å²) in [5, 5.41) is 6.42. The summed E-state index contributed by atoms with van der Waals surface area (Å²) in [7, 11) is 0. The minimum absolute atomic E-state index is 0.00111. The molecule has 2 aromatic rings. The van der Waals surface area contributed by atoms with E-state index in [0.717, 1.165) is 37.1 Å². The fourth-order valence-corrected chi connectivity index (χ4v) is 2.65. The van der Waals surface area contributed by atoms with Crippen molar-refractivity contribution in [2.45, 2.75) is 18.9 Å². The summed E-state index contributed by atoms with van der Waals surface area (Å²) in [6.45, 7) is 1.91. The monoisotopic (exact) mass is 269 g/mol. The van der Waals surface area contributed by atoms with Crippen LogP contribution in [0.3, 0.4) is 0 Å². The molecule has 20 heavy (non-hydrogen) atoms. The van der Waals surface area contributed by atoms with Crippen LogP contribution >= 0.6 is 0 Å². The van der Waals surface area contributed by atoms with Gasteiger partial charge in [0, 0.05) is 30.5 Å². The average Bonchev–Trinajstić information content (AvgIpc) is 2.99. The minimum atomic E-state index is -0.00111. The number of carbonyl (C=O) groups excluding carboxylic acids is 1. The van der Waals surface area contributed by atoms with Gasteiger partial charge in [-0.3, -0.25) is 4.79 Å². The lowest BCUT2D eigenvalue weighted by atomic mass is 10.0. The van der Waals surface area contributed by atoms with E-state index in [1.165, 1.54) is 0 Å². The molecule has 1 aliphatic heterocycles. The lowest BCUT2D eigenvalue weighted by Gasteiger charge is -2.23. The van der Waals surface area contributed by atoms with Crippen LogP contribution in [0.1, 0.15) is 23.2 Å². The molecule has 1 atom stereocenters. The maximum Gasteiger partial charge on any atom is 0.253 e. The first-order chi connectivity index (χ1) is 9.84. The number of hydrogen-bond donors (Lipinski definition) is 3. The van der Waals surface area contributed by atoms with Crippen LogP contribution in [0.5, 0.6) is 0 Å². The normalized spacial score (nSPS) is 18.7. The first-order valence-electron chi connectivity index (χ1n) is 7.08. The number of rotatable bonds is 3. The summed E-state index contributed by atoms with van der Waals surface area (Å²) < 4.78 is 0. The molecule has 3 rings (SSSR count). The van der Waals surface area contributed by atoms with Gasteiger partial charge in [-0.25, -0.2) is 0 Å². The second-order valence-electron chi connectivity index (χ2n) is 5.17. The average molecular weight is 269 g/mol. The molecule has 0 saturated carbocycles. The number of carbonyl (C=O) groups is 1. The van der Waals surface area contributed by atoms with E-state index in [4.69, 9.17) is 0 Å². The summed E-state index contributed by atoms with van der Waals surface area (Å²) in [6.07, 6.45) is 5.81. The number of aromatic amines is 1. The predicted octanol–water partition coefficient (Wildman–Crippen LogP) is 2.16. The summed E-state index contributed by atoms with van der Waals surface area (Å²) >= 11 is 0. The highest BCUT2D eigenvalue weighted by Gasteiger charge is 2.19. The molecule has 1 aromatic carbocycles. The van der Waals surface area contributed by atoms with E-state index >= 15 is 0 Å². The second kappa shape index (κ2) is 5.92. The lowest BCUT2D eigenvalue weighted by Crippen LogP contribution is -2.45. The third-order valence-corrected chi connectivity index (χ3v) is 3.71. The van der Waals surface area contributed by atoms with Gasteiger partial charge in [0.15, 0.2) is 0 Å².